The Morgan fingerprint density at radius 2 is 2.19 bits per heavy atom. The van der Waals surface area contributed by atoms with Crippen LogP contribution >= 0.6 is 0 Å². The van der Waals surface area contributed by atoms with Crippen molar-refractivity contribution in [2.45, 2.75) is 19.8 Å². The molecule has 1 aliphatic rings. The number of carbonyl (C=O) groups excluding carboxylic acids is 1. The Bertz CT molecular complexity index is 467. The maximum atomic E-state index is 12.7. The van der Waals surface area contributed by atoms with Gasteiger partial charge in [0, 0.05) is 38.4 Å². The molecular weight excluding hydrogens is 262 g/mol. The first-order valence-electron chi connectivity index (χ1n) is 7.89. The summed E-state index contributed by atoms with van der Waals surface area (Å²) >= 11 is 0. The summed E-state index contributed by atoms with van der Waals surface area (Å²) in [6.07, 6.45) is 2.43. The Morgan fingerprint density at radius 3 is 2.81 bits per heavy atom. The normalized spacial score (nSPS) is 18.3. The molecule has 0 saturated carbocycles. The summed E-state index contributed by atoms with van der Waals surface area (Å²) in [6, 6.07) is 7.87. The van der Waals surface area contributed by atoms with Gasteiger partial charge in [0.2, 0.25) is 0 Å². The van der Waals surface area contributed by atoms with Gasteiger partial charge in [0.15, 0.2) is 0 Å². The van der Waals surface area contributed by atoms with Gasteiger partial charge in [-0.05, 0) is 57.0 Å². The molecule has 2 rings (SSSR count). The fourth-order valence-electron chi connectivity index (χ4n) is 2.85. The van der Waals surface area contributed by atoms with Crippen molar-refractivity contribution >= 4 is 11.6 Å². The number of carbonyl (C=O) groups is 1. The summed E-state index contributed by atoms with van der Waals surface area (Å²) in [7, 11) is 3.99. The van der Waals surface area contributed by atoms with Crippen LogP contribution in [0.4, 0.5) is 5.69 Å². The molecule has 1 fully saturated rings. The molecule has 1 aliphatic heterocycles. The number of anilines is 1. The highest BCUT2D eigenvalue weighted by Gasteiger charge is 2.20. The average Bonchev–Trinajstić information content (AvgIpc) is 2.53. The second-order valence-corrected chi connectivity index (χ2v) is 6.00. The van der Waals surface area contributed by atoms with Crippen LogP contribution < -0.4 is 10.2 Å². The highest BCUT2D eigenvalue weighted by molar-refractivity contribution is 5.95. The zero-order valence-electron chi connectivity index (χ0n) is 13.4. The molecule has 0 bridgehead atoms. The lowest BCUT2D eigenvalue weighted by Crippen LogP contribution is -2.41. The van der Waals surface area contributed by atoms with Crippen molar-refractivity contribution in [3.05, 3.63) is 29.8 Å². The van der Waals surface area contributed by atoms with E-state index in [1.807, 2.05) is 48.2 Å². The van der Waals surface area contributed by atoms with Crippen molar-refractivity contribution in [2.24, 2.45) is 5.92 Å². The van der Waals surface area contributed by atoms with Crippen LogP contribution in [-0.4, -0.2) is 51.1 Å². The van der Waals surface area contributed by atoms with Crippen LogP contribution in [0.3, 0.4) is 0 Å². The average molecular weight is 289 g/mol. The van der Waals surface area contributed by atoms with Gasteiger partial charge in [-0.3, -0.25) is 4.79 Å². The third-order valence-corrected chi connectivity index (χ3v) is 4.16. The monoisotopic (exact) mass is 289 g/mol. The van der Waals surface area contributed by atoms with Crippen LogP contribution in [0.5, 0.6) is 0 Å². The highest BCUT2D eigenvalue weighted by Crippen LogP contribution is 2.17. The van der Waals surface area contributed by atoms with Gasteiger partial charge in [-0.1, -0.05) is 6.07 Å². The van der Waals surface area contributed by atoms with E-state index in [-0.39, 0.29) is 5.91 Å². The van der Waals surface area contributed by atoms with E-state index in [1.165, 1.54) is 12.8 Å². The van der Waals surface area contributed by atoms with Crippen LogP contribution in [0.1, 0.15) is 30.1 Å². The Kier molecular flexibility index (Phi) is 5.62. The standard InChI is InChI=1S/C17H27N3O/c1-4-20(13-14-7-6-10-18-12-14)17(21)15-8-5-9-16(11-15)19(2)3/h5,8-9,11,14,18H,4,6-7,10,12-13H2,1-3H3. The maximum Gasteiger partial charge on any atom is 0.253 e. The van der Waals surface area contributed by atoms with Gasteiger partial charge in [-0.25, -0.2) is 0 Å². The lowest BCUT2D eigenvalue weighted by molar-refractivity contribution is 0.0729. The quantitative estimate of drug-likeness (QED) is 0.903. The molecule has 0 spiro atoms. The van der Waals surface area contributed by atoms with E-state index in [0.29, 0.717) is 5.92 Å². The van der Waals surface area contributed by atoms with Crippen molar-refractivity contribution < 1.29 is 4.79 Å². The number of hydrogen-bond donors (Lipinski definition) is 1. The van der Waals surface area contributed by atoms with E-state index in [1.54, 1.807) is 0 Å². The molecule has 1 heterocycles. The summed E-state index contributed by atoms with van der Waals surface area (Å²) in [4.78, 5) is 16.7. The molecule has 21 heavy (non-hydrogen) atoms. The largest absolute Gasteiger partial charge is 0.378 e. The van der Waals surface area contributed by atoms with E-state index in [0.717, 1.165) is 37.4 Å². The van der Waals surface area contributed by atoms with Gasteiger partial charge in [-0.2, -0.15) is 0 Å². The Morgan fingerprint density at radius 1 is 1.38 bits per heavy atom. The highest BCUT2D eigenvalue weighted by atomic mass is 16.2. The van der Waals surface area contributed by atoms with Gasteiger partial charge >= 0.3 is 0 Å². The van der Waals surface area contributed by atoms with E-state index < -0.39 is 0 Å². The van der Waals surface area contributed by atoms with E-state index >= 15 is 0 Å². The first-order chi connectivity index (χ1) is 10.1. The fraction of sp³-hybridized carbons (Fsp3) is 0.588. The summed E-state index contributed by atoms with van der Waals surface area (Å²) in [5, 5.41) is 3.42. The number of piperidine rings is 1. The first-order valence-corrected chi connectivity index (χ1v) is 7.89. The second-order valence-electron chi connectivity index (χ2n) is 6.00. The summed E-state index contributed by atoms with van der Waals surface area (Å²) < 4.78 is 0. The molecule has 1 N–H and O–H groups in total. The Balaban J connectivity index is 2.06. The molecule has 1 aromatic carbocycles. The molecule has 1 amide bonds. The van der Waals surface area contributed by atoms with Gasteiger partial charge in [0.25, 0.3) is 5.91 Å². The predicted octanol–water partition coefficient (Wildman–Crippen LogP) is 2.21. The summed E-state index contributed by atoms with van der Waals surface area (Å²) in [6.45, 7) is 5.82. The zero-order valence-corrected chi connectivity index (χ0v) is 13.4. The molecule has 116 valence electrons. The van der Waals surface area contributed by atoms with Gasteiger partial charge in [0.1, 0.15) is 0 Å². The van der Waals surface area contributed by atoms with Crippen molar-refractivity contribution in [1.29, 1.82) is 0 Å². The minimum absolute atomic E-state index is 0.145. The van der Waals surface area contributed by atoms with Crippen LogP contribution in [0.15, 0.2) is 24.3 Å². The van der Waals surface area contributed by atoms with Gasteiger partial charge in [0.05, 0.1) is 0 Å². The number of nitrogens with zero attached hydrogens (tertiary/aromatic N) is 2. The number of rotatable bonds is 5. The molecule has 4 heteroatoms. The molecule has 0 aliphatic carbocycles. The van der Waals surface area contributed by atoms with Crippen LogP contribution in [-0.2, 0) is 0 Å². The topological polar surface area (TPSA) is 35.6 Å². The third-order valence-electron chi connectivity index (χ3n) is 4.16. The smallest absolute Gasteiger partial charge is 0.253 e. The molecular formula is C17H27N3O. The molecule has 4 nitrogen and oxygen atoms in total. The number of amides is 1. The number of hydrogen-bond acceptors (Lipinski definition) is 3. The number of benzene rings is 1. The molecule has 1 aromatic rings. The summed E-state index contributed by atoms with van der Waals surface area (Å²) in [5.41, 5.74) is 1.85. The number of nitrogens with one attached hydrogen (secondary N) is 1. The Hall–Kier alpha value is -1.55. The predicted molar refractivity (Wildman–Crippen MR) is 87.9 cm³/mol. The third kappa shape index (κ3) is 4.21. The lowest BCUT2D eigenvalue weighted by Gasteiger charge is -2.29. The van der Waals surface area contributed by atoms with E-state index in [2.05, 4.69) is 12.2 Å². The molecule has 0 radical (unpaired) electrons. The minimum Gasteiger partial charge on any atom is -0.378 e. The zero-order chi connectivity index (χ0) is 15.2. The van der Waals surface area contributed by atoms with Gasteiger partial charge < -0.3 is 15.1 Å². The SMILES string of the molecule is CCN(CC1CCCNC1)C(=O)c1cccc(N(C)C)c1. The van der Waals surface area contributed by atoms with Crippen molar-refractivity contribution in [3.8, 4) is 0 Å². The van der Waals surface area contributed by atoms with E-state index in [9.17, 15) is 4.79 Å². The van der Waals surface area contributed by atoms with Crippen LogP contribution in [0, 0.1) is 5.92 Å². The molecule has 1 unspecified atom stereocenters. The lowest BCUT2D eigenvalue weighted by atomic mass is 9.98. The van der Waals surface area contributed by atoms with Crippen molar-refractivity contribution in [3.63, 3.8) is 0 Å². The summed E-state index contributed by atoms with van der Waals surface area (Å²) in [5.74, 6) is 0.728. The maximum absolute atomic E-state index is 12.7. The molecule has 1 atom stereocenters. The minimum atomic E-state index is 0.145. The van der Waals surface area contributed by atoms with Crippen LogP contribution in [0.2, 0.25) is 0 Å². The van der Waals surface area contributed by atoms with Crippen molar-refractivity contribution in [1.82, 2.24) is 10.2 Å². The molecule has 0 aromatic heterocycles. The fourth-order valence-corrected chi connectivity index (χ4v) is 2.85. The second kappa shape index (κ2) is 7.46. The Labute approximate surface area is 128 Å². The first kappa shape index (κ1) is 15.8. The molecule has 1 saturated heterocycles. The van der Waals surface area contributed by atoms with Crippen LogP contribution in [0.25, 0.3) is 0 Å². The van der Waals surface area contributed by atoms with E-state index in [4.69, 9.17) is 0 Å². The van der Waals surface area contributed by atoms with Gasteiger partial charge in [-0.15, -0.1) is 0 Å². The van der Waals surface area contributed by atoms with Crippen molar-refractivity contribution in [2.75, 3.05) is 45.2 Å².